The standard InChI is InChI=1S/C14H23NO/c1-4-6-7-8-9-13-10-14(13)11-15(5-2)12(3)16/h5-7,13-14H,2,4,8-11H2,1,3H3/b7-6-/t13-,14-/m0/s1. The first kappa shape index (κ1) is 13.0. The van der Waals surface area contributed by atoms with E-state index in [1.165, 1.54) is 19.3 Å². The molecule has 16 heavy (non-hydrogen) atoms. The second-order valence-electron chi connectivity index (χ2n) is 4.57. The van der Waals surface area contributed by atoms with E-state index in [9.17, 15) is 4.79 Å². The van der Waals surface area contributed by atoms with Crippen molar-refractivity contribution >= 4 is 5.91 Å². The monoisotopic (exact) mass is 221 g/mol. The normalized spacial score (nSPS) is 23.4. The summed E-state index contributed by atoms with van der Waals surface area (Å²) in [7, 11) is 0. The molecule has 1 fully saturated rings. The van der Waals surface area contributed by atoms with Gasteiger partial charge in [0, 0.05) is 13.5 Å². The Morgan fingerprint density at radius 3 is 2.75 bits per heavy atom. The first-order valence-electron chi connectivity index (χ1n) is 6.23. The van der Waals surface area contributed by atoms with Crippen LogP contribution in [0.5, 0.6) is 0 Å². The van der Waals surface area contributed by atoms with Crippen molar-refractivity contribution in [1.82, 2.24) is 4.90 Å². The van der Waals surface area contributed by atoms with Crippen molar-refractivity contribution in [2.75, 3.05) is 6.54 Å². The number of carbonyl (C=O) groups excluding carboxylic acids is 1. The van der Waals surface area contributed by atoms with Crippen molar-refractivity contribution in [2.45, 2.75) is 39.5 Å². The van der Waals surface area contributed by atoms with Crippen molar-refractivity contribution in [3.63, 3.8) is 0 Å². The minimum atomic E-state index is 0.103. The zero-order valence-electron chi connectivity index (χ0n) is 10.5. The smallest absolute Gasteiger partial charge is 0.223 e. The van der Waals surface area contributed by atoms with Crippen LogP contribution in [0.1, 0.15) is 39.5 Å². The van der Waals surface area contributed by atoms with E-state index in [1.54, 1.807) is 18.0 Å². The molecule has 1 saturated carbocycles. The molecule has 0 aromatic heterocycles. The molecule has 0 heterocycles. The van der Waals surface area contributed by atoms with Gasteiger partial charge < -0.3 is 4.90 Å². The Kier molecular flexibility index (Phi) is 5.30. The van der Waals surface area contributed by atoms with E-state index < -0.39 is 0 Å². The number of allylic oxidation sites excluding steroid dienone is 2. The van der Waals surface area contributed by atoms with Crippen LogP contribution in [-0.4, -0.2) is 17.4 Å². The molecule has 0 saturated heterocycles. The molecule has 0 unspecified atom stereocenters. The van der Waals surface area contributed by atoms with Crippen molar-refractivity contribution in [3.05, 3.63) is 24.9 Å². The van der Waals surface area contributed by atoms with Gasteiger partial charge in [-0.15, -0.1) is 0 Å². The fourth-order valence-corrected chi connectivity index (χ4v) is 2.07. The number of nitrogens with zero attached hydrogens (tertiary/aromatic N) is 1. The van der Waals surface area contributed by atoms with Gasteiger partial charge in [0.25, 0.3) is 0 Å². The second-order valence-corrected chi connectivity index (χ2v) is 4.57. The van der Waals surface area contributed by atoms with Crippen molar-refractivity contribution < 1.29 is 4.79 Å². The van der Waals surface area contributed by atoms with Crippen LogP contribution < -0.4 is 0 Å². The molecule has 1 amide bonds. The number of hydrogen-bond acceptors (Lipinski definition) is 1. The molecule has 2 nitrogen and oxygen atoms in total. The largest absolute Gasteiger partial charge is 0.320 e. The van der Waals surface area contributed by atoms with Crippen molar-refractivity contribution in [3.8, 4) is 0 Å². The summed E-state index contributed by atoms with van der Waals surface area (Å²) in [6.07, 6.45) is 11.0. The highest BCUT2D eigenvalue weighted by Crippen LogP contribution is 2.42. The van der Waals surface area contributed by atoms with E-state index in [4.69, 9.17) is 0 Å². The minimum Gasteiger partial charge on any atom is -0.320 e. The fraction of sp³-hybridized carbons (Fsp3) is 0.643. The first-order chi connectivity index (χ1) is 7.69. The van der Waals surface area contributed by atoms with E-state index >= 15 is 0 Å². The topological polar surface area (TPSA) is 20.3 Å². The number of rotatable bonds is 7. The van der Waals surface area contributed by atoms with Gasteiger partial charge in [-0.1, -0.05) is 25.7 Å². The summed E-state index contributed by atoms with van der Waals surface area (Å²) in [5, 5.41) is 0. The van der Waals surface area contributed by atoms with Gasteiger partial charge in [0.15, 0.2) is 0 Å². The molecule has 2 heteroatoms. The van der Waals surface area contributed by atoms with Crippen LogP contribution in [0.4, 0.5) is 0 Å². The lowest BCUT2D eigenvalue weighted by molar-refractivity contribution is -0.126. The Labute approximate surface area is 99.0 Å². The second kappa shape index (κ2) is 6.51. The third-order valence-corrected chi connectivity index (χ3v) is 3.23. The van der Waals surface area contributed by atoms with Crippen LogP contribution in [-0.2, 0) is 4.79 Å². The molecule has 1 rings (SSSR count). The summed E-state index contributed by atoms with van der Waals surface area (Å²) < 4.78 is 0. The van der Waals surface area contributed by atoms with Gasteiger partial charge in [-0.05, 0) is 43.7 Å². The summed E-state index contributed by atoms with van der Waals surface area (Å²) in [5.74, 6) is 1.63. The van der Waals surface area contributed by atoms with Gasteiger partial charge >= 0.3 is 0 Å². The molecule has 1 aliphatic rings. The maximum absolute atomic E-state index is 11.2. The highest BCUT2D eigenvalue weighted by atomic mass is 16.2. The van der Waals surface area contributed by atoms with Crippen LogP contribution in [0, 0.1) is 11.8 Å². The van der Waals surface area contributed by atoms with Crippen molar-refractivity contribution in [1.29, 1.82) is 0 Å². The van der Waals surface area contributed by atoms with Gasteiger partial charge in [-0.25, -0.2) is 0 Å². The van der Waals surface area contributed by atoms with Crippen LogP contribution in [0.25, 0.3) is 0 Å². The molecule has 1 aliphatic carbocycles. The van der Waals surface area contributed by atoms with Crippen LogP contribution in [0.2, 0.25) is 0 Å². The maximum Gasteiger partial charge on any atom is 0.223 e. The molecule has 90 valence electrons. The molecular weight excluding hydrogens is 198 g/mol. The Morgan fingerprint density at radius 2 is 2.19 bits per heavy atom. The fourth-order valence-electron chi connectivity index (χ4n) is 2.07. The van der Waals surface area contributed by atoms with Crippen LogP contribution in [0.3, 0.4) is 0 Å². The highest BCUT2D eigenvalue weighted by molar-refractivity contribution is 5.74. The third-order valence-electron chi connectivity index (χ3n) is 3.23. The molecule has 0 aromatic carbocycles. The molecule has 0 aromatic rings. The molecule has 0 bridgehead atoms. The number of hydrogen-bond donors (Lipinski definition) is 0. The van der Waals surface area contributed by atoms with E-state index in [0.717, 1.165) is 18.9 Å². The zero-order chi connectivity index (χ0) is 12.0. The van der Waals surface area contributed by atoms with Gasteiger partial charge in [0.1, 0.15) is 0 Å². The lowest BCUT2D eigenvalue weighted by Crippen LogP contribution is -2.25. The predicted octanol–water partition coefficient (Wildman–Crippen LogP) is 3.36. The highest BCUT2D eigenvalue weighted by Gasteiger charge is 2.37. The molecule has 0 spiro atoms. The minimum absolute atomic E-state index is 0.103. The van der Waals surface area contributed by atoms with E-state index in [1.807, 2.05) is 0 Å². The summed E-state index contributed by atoms with van der Waals surface area (Å²) in [4.78, 5) is 12.9. The van der Waals surface area contributed by atoms with E-state index in [0.29, 0.717) is 5.92 Å². The molecular formula is C14H23NO. The van der Waals surface area contributed by atoms with E-state index in [2.05, 4.69) is 25.7 Å². The van der Waals surface area contributed by atoms with Gasteiger partial charge in [-0.3, -0.25) is 4.79 Å². The number of amides is 1. The summed E-state index contributed by atoms with van der Waals surface area (Å²) in [6.45, 7) is 8.29. The Bertz CT molecular complexity index is 270. The summed E-state index contributed by atoms with van der Waals surface area (Å²) in [6, 6.07) is 0. The number of carbonyl (C=O) groups is 1. The average molecular weight is 221 g/mol. The predicted molar refractivity (Wildman–Crippen MR) is 67.8 cm³/mol. The average Bonchev–Trinajstić information content (AvgIpc) is 2.99. The third kappa shape index (κ3) is 4.21. The van der Waals surface area contributed by atoms with Crippen LogP contribution in [0.15, 0.2) is 24.9 Å². The molecule has 0 aliphatic heterocycles. The maximum atomic E-state index is 11.2. The Balaban J connectivity index is 2.16. The Morgan fingerprint density at radius 1 is 1.44 bits per heavy atom. The molecule has 2 atom stereocenters. The van der Waals surface area contributed by atoms with Crippen molar-refractivity contribution in [2.24, 2.45) is 11.8 Å². The zero-order valence-corrected chi connectivity index (χ0v) is 10.5. The van der Waals surface area contributed by atoms with Gasteiger partial charge in [0.05, 0.1) is 0 Å². The molecule has 0 radical (unpaired) electrons. The molecule has 0 N–H and O–H groups in total. The van der Waals surface area contributed by atoms with Gasteiger partial charge in [-0.2, -0.15) is 0 Å². The lowest BCUT2D eigenvalue weighted by Gasteiger charge is -2.15. The summed E-state index contributed by atoms with van der Waals surface area (Å²) in [5.41, 5.74) is 0. The SMILES string of the molecule is C=CN(C[C@@H]1C[C@@H]1CC/C=C\CC)C(C)=O. The quantitative estimate of drug-likeness (QED) is 0.604. The Hall–Kier alpha value is -1.05. The lowest BCUT2D eigenvalue weighted by atomic mass is 10.1. The first-order valence-corrected chi connectivity index (χ1v) is 6.23. The van der Waals surface area contributed by atoms with Crippen LogP contribution >= 0.6 is 0 Å². The van der Waals surface area contributed by atoms with Gasteiger partial charge in [0.2, 0.25) is 5.91 Å². The van der Waals surface area contributed by atoms with E-state index in [-0.39, 0.29) is 5.91 Å². The summed E-state index contributed by atoms with van der Waals surface area (Å²) >= 11 is 0.